The predicted molar refractivity (Wildman–Crippen MR) is 76.7 cm³/mol. The zero-order chi connectivity index (χ0) is 15.4. The quantitative estimate of drug-likeness (QED) is 0.746. The third-order valence-electron chi connectivity index (χ3n) is 2.81. The van der Waals surface area contributed by atoms with Gasteiger partial charge >= 0.3 is 11.8 Å². The van der Waals surface area contributed by atoms with Crippen LogP contribution in [0.25, 0.3) is 0 Å². The van der Waals surface area contributed by atoms with Gasteiger partial charge < -0.3 is 14.7 Å². The molecule has 0 saturated heterocycles. The number of aromatic nitrogens is 2. The minimum Gasteiger partial charge on any atom is -0.450 e. The van der Waals surface area contributed by atoms with Crippen molar-refractivity contribution in [2.45, 2.75) is 13.8 Å². The maximum atomic E-state index is 12.2. The van der Waals surface area contributed by atoms with E-state index in [0.717, 1.165) is 0 Å². The molecular formula is C14H15N3O4. The number of H-pyrrole nitrogens is 2. The molecule has 21 heavy (non-hydrogen) atoms. The number of aryl methyl sites for hydroxylation is 1. The van der Waals surface area contributed by atoms with Gasteiger partial charge in [-0.15, -0.1) is 0 Å². The molecule has 0 atom stereocenters. The van der Waals surface area contributed by atoms with E-state index >= 15 is 0 Å². The number of amides is 1. The van der Waals surface area contributed by atoms with Gasteiger partial charge in [0, 0.05) is 16.9 Å². The fraction of sp³-hybridized carbons (Fsp3) is 0.214. The molecule has 0 aliphatic carbocycles. The summed E-state index contributed by atoms with van der Waals surface area (Å²) in [6.45, 7) is 3.63. The van der Waals surface area contributed by atoms with E-state index in [0.29, 0.717) is 16.9 Å². The first-order chi connectivity index (χ1) is 10.0. The topological polar surface area (TPSA) is 104 Å². The van der Waals surface area contributed by atoms with Crippen LogP contribution in [0.2, 0.25) is 0 Å². The molecule has 0 spiro atoms. The van der Waals surface area contributed by atoms with Gasteiger partial charge in [0.05, 0.1) is 6.61 Å². The van der Waals surface area contributed by atoms with Crippen LogP contribution in [-0.2, 0) is 4.74 Å². The molecule has 110 valence electrons. The van der Waals surface area contributed by atoms with Crippen molar-refractivity contribution in [3.05, 3.63) is 51.7 Å². The highest BCUT2D eigenvalue weighted by atomic mass is 16.5. The summed E-state index contributed by atoms with van der Waals surface area (Å²) in [5.41, 5.74) is 1.22. The molecule has 0 fully saturated rings. The predicted octanol–water partition coefficient (Wildman–Crippen LogP) is 1.81. The number of nitrogens with one attached hydrogen (secondary N) is 3. The van der Waals surface area contributed by atoms with E-state index < -0.39 is 11.8 Å². The van der Waals surface area contributed by atoms with Crippen LogP contribution in [0.1, 0.15) is 28.7 Å². The Kier molecular flexibility index (Phi) is 4.22. The molecule has 0 aliphatic heterocycles. The SMILES string of the molecule is CCOC(=O)Nc1ccc(C(=O)c2[nH]c(=O)[nH]c2C)cc1. The first-order valence-corrected chi connectivity index (χ1v) is 6.38. The minimum atomic E-state index is -0.553. The van der Waals surface area contributed by atoms with Crippen molar-refractivity contribution in [1.82, 2.24) is 9.97 Å². The van der Waals surface area contributed by atoms with Crippen LogP contribution in [0.3, 0.4) is 0 Å². The molecule has 7 nitrogen and oxygen atoms in total. The molecule has 0 aliphatic rings. The zero-order valence-corrected chi connectivity index (χ0v) is 11.6. The summed E-state index contributed by atoms with van der Waals surface area (Å²) >= 11 is 0. The number of ketones is 1. The van der Waals surface area contributed by atoms with E-state index in [1.54, 1.807) is 38.1 Å². The number of hydrogen-bond acceptors (Lipinski definition) is 4. The Morgan fingerprint density at radius 2 is 1.86 bits per heavy atom. The number of anilines is 1. The Morgan fingerprint density at radius 3 is 2.38 bits per heavy atom. The molecule has 0 bridgehead atoms. The van der Waals surface area contributed by atoms with Gasteiger partial charge in [-0.05, 0) is 38.1 Å². The molecule has 2 aromatic rings. The molecule has 1 aromatic carbocycles. The van der Waals surface area contributed by atoms with Gasteiger partial charge in [0.25, 0.3) is 0 Å². The largest absolute Gasteiger partial charge is 0.450 e. The number of ether oxygens (including phenoxy) is 1. The van der Waals surface area contributed by atoms with E-state index in [9.17, 15) is 14.4 Å². The molecule has 7 heteroatoms. The Morgan fingerprint density at radius 1 is 1.19 bits per heavy atom. The fourth-order valence-corrected chi connectivity index (χ4v) is 1.83. The Bertz CT molecular complexity index is 713. The lowest BCUT2D eigenvalue weighted by molar-refractivity contribution is 0.103. The van der Waals surface area contributed by atoms with Crippen LogP contribution in [0, 0.1) is 6.92 Å². The number of carbonyl (C=O) groups is 2. The first kappa shape index (κ1) is 14.6. The van der Waals surface area contributed by atoms with E-state index in [2.05, 4.69) is 15.3 Å². The van der Waals surface area contributed by atoms with Crippen LogP contribution in [0.5, 0.6) is 0 Å². The van der Waals surface area contributed by atoms with Crippen molar-refractivity contribution < 1.29 is 14.3 Å². The molecule has 3 N–H and O–H groups in total. The summed E-state index contributed by atoms with van der Waals surface area (Å²) in [6.07, 6.45) is -0.553. The Hall–Kier alpha value is -2.83. The van der Waals surface area contributed by atoms with Crippen molar-refractivity contribution in [3.63, 3.8) is 0 Å². The zero-order valence-electron chi connectivity index (χ0n) is 11.6. The summed E-state index contributed by atoms with van der Waals surface area (Å²) < 4.78 is 4.75. The molecule has 0 radical (unpaired) electrons. The number of aromatic amines is 2. The standard InChI is InChI=1S/C14H15N3O4/c1-3-21-14(20)16-10-6-4-9(5-7-10)12(18)11-8(2)15-13(19)17-11/h4-7H,3H2,1-2H3,(H,16,20)(H2,15,17,19). The fourth-order valence-electron chi connectivity index (χ4n) is 1.83. The second kappa shape index (κ2) is 6.08. The second-order valence-electron chi connectivity index (χ2n) is 4.33. The van der Waals surface area contributed by atoms with Gasteiger partial charge in [-0.1, -0.05) is 0 Å². The van der Waals surface area contributed by atoms with Crippen molar-refractivity contribution in [3.8, 4) is 0 Å². The highest BCUT2D eigenvalue weighted by molar-refractivity contribution is 6.08. The van der Waals surface area contributed by atoms with E-state index in [1.165, 1.54) is 0 Å². The van der Waals surface area contributed by atoms with Crippen LogP contribution in [0.15, 0.2) is 29.1 Å². The smallest absolute Gasteiger partial charge is 0.411 e. The van der Waals surface area contributed by atoms with Crippen LogP contribution in [0.4, 0.5) is 10.5 Å². The molecule has 1 heterocycles. The van der Waals surface area contributed by atoms with Crippen LogP contribution in [-0.4, -0.2) is 28.5 Å². The van der Waals surface area contributed by atoms with Crippen molar-refractivity contribution in [2.24, 2.45) is 0 Å². The van der Waals surface area contributed by atoms with E-state index in [4.69, 9.17) is 4.74 Å². The minimum absolute atomic E-state index is 0.228. The molecule has 2 rings (SSSR count). The van der Waals surface area contributed by atoms with Gasteiger partial charge in [-0.2, -0.15) is 0 Å². The molecule has 0 unspecified atom stereocenters. The summed E-state index contributed by atoms with van der Waals surface area (Å²) in [7, 11) is 0. The summed E-state index contributed by atoms with van der Waals surface area (Å²) in [5.74, 6) is -0.298. The highest BCUT2D eigenvalue weighted by Gasteiger charge is 2.14. The number of rotatable bonds is 4. The lowest BCUT2D eigenvalue weighted by Gasteiger charge is -2.06. The first-order valence-electron chi connectivity index (χ1n) is 6.38. The van der Waals surface area contributed by atoms with Gasteiger partial charge in [0.1, 0.15) is 5.69 Å². The van der Waals surface area contributed by atoms with Crippen molar-refractivity contribution >= 4 is 17.6 Å². The van der Waals surface area contributed by atoms with E-state index in [-0.39, 0.29) is 18.1 Å². The van der Waals surface area contributed by atoms with Crippen molar-refractivity contribution in [2.75, 3.05) is 11.9 Å². The lowest BCUT2D eigenvalue weighted by atomic mass is 10.1. The number of benzene rings is 1. The molecule has 1 amide bonds. The highest BCUT2D eigenvalue weighted by Crippen LogP contribution is 2.13. The Balaban J connectivity index is 2.15. The average molecular weight is 289 g/mol. The normalized spacial score (nSPS) is 10.2. The van der Waals surface area contributed by atoms with Gasteiger partial charge in [-0.3, -0.25) is 10.1 Å². The monoisotopic (exact) mass is 289 g/mol. The second-order valence-corrected chi connectivity index (χ2v) is 4.33. The summed E-state index contributed by atoms with van der Waals surface area (Å²) in [4.78, 5) is 39.6. The third kappa shape index (κ3) is 3.38. The molecule has 0 saturated carbocycles. The van der Waals surface area contributed by atoms with Gasteiger partial charge in [0.2, 0.25) is 5.78 Å². The molecular weight excluding hydrogens is 274 g/mol. The summed E-state index contributed by atoms with van der Waals surface area (Å²) in [5, 5.41) is 2.53. The number of imidazole rings is 1. The summed E-state index contributed by atoms with van der Waals surface area (Å²) in [6, 6.07) is 6.30. The van der Waals surface area contributed by atoms with Crippen LogP contribution < -0.4 is 11.0 Å². The number of hydrogen-bond donors (Lipinski definition) is 3. The third-order valence-corrected chi connectivity index (χ3v) is 2.81. The van der Waals surface area contributed by atoms with E-state index in [1.807, 2.05) is 0 Å². The molecule has 1 aromatic heterocycles. The maximum absolute atomic E-state index is 12.2. The lowest BCUT2D eigenvalue weighted by Crippen LogP contribution is -2.13. The van der Waals surface area contributed by atoms with Gasteiger partial charge in [-0.25, -0.2) is 9.59 Å². The van der Waals surface area contributed by atoms with Crippen LogP contribution >= 0.6 is 0 Å². The Labute approximate surface area is 120 Å². The van der Waals surface area contributed by atoms with Crippen molar-refractivity contribution in [1.29, 1.82) is 0 Å². The average Bonchev–Trinajstić information content (AvgIpc) is 2.78. The maximum Gasteiger partial charge on any atom is 0.411 e. The van der Waals surface area contributed by atoms with Gasteiger partial charge in [0.15, 0.2) is 0 Å². The number of carbonyl (C=O) groups excluding carboxylic acids is 2.